The van der Waals surface area contributed by atoms with Crippen molar-refractivity contribution >= 4 is 34.3 Å². The van der Waals surface area contributed by atoms with Crippen molar-refractivity contribution in [2.24, 2.45) is 0 Å². The van der Waals surface area contributed by atoms with E-state index < -0.39 is 11.9 Å². The zero-order valence-electron chi connectivity index (χ0n) is 12.1. The van der Waals surface area contributed by atoms with Gasteiger partial charge in [-0.1, -0.05) is 41.9 Å². The molecule has 0 fully saturated rings. The number of H-pyrrole nitrogens is 1. The number of Topliss-reactive ketones (excluding diaryl/α,β-unsaturated/α-hetero) is 1. The lowest BCUT2D eigenvalue weighted by Crippen LogP contribution is -2.16. The fraction of sp³-hybridized carbons (Fsp3) is 0.111. The fourth-order valence-corrected chi connectivity index (χ4v) is 2.87. The van der Waals surface area contributed by atoms with Crippen LogP contribution >= 0.6 is 11.6 Å². The molecular formula is C18H14ClNO3. The van der Waals surface area contributed by atoms with Crippen molar-refractivity contribution < 1.29 is 14.7 Å². The highest BCUT2D eigenvalue weighted by molar-refractivity contribution is 6.31. The van der Waals surface area contributed by atoms with Gasteiger partial charge in [0.2, 0.25) is 0 Å². The Kier molecular flexibility index (Phi) is 4.17. The minimum absolute atomic E-state index is 0.114. The summed E-state index contributed by atoms with van der Waals surface area (Å²) in [7, 11) is 0. The minimum Gasteiger partial charge on any atom is -0.481 e. The second-order valence-electron chi connectivity index (χ2n) is 5.32. The molecule has 3 rings (SSSR count). The van der Waals surface area contributed by atoms with Gasteiger partial charge in [-0.2, -0.15) is 0 Å². The SMILES string of the molecule is O=C(CC(C(=O)O)c1c[nH]c2ccccc12)c1cccc(Cl)c1. The van der Waals surface area contributed by atoms with Crippen molar-refractivity contribution in [3.8, 4) is 0 Å². The van der Waals surface area contributed by atoms with Gasteiger partial charge in [0.15, 0.2) is 5.78 Å². The number of para-hydroxylation sites is 1. The Morgan fingerprint density at radius 1 is 1.13 bits per heavy atom. The third kappa shape index (κ3) is 3.12. The number of carboxylic acid groups (broad SMARTS) is 1. The van der Waals surface area contributed by atoms with Gasteiger partial charge in [0.25, 0.3) is 0 Å². The van der Waals surface area contributed by atoms with E-state index in [4.69, 9.17) is 11.6 Å². The van der Waals surface area contributed by atoms with Crippen LogP contribution in [0.5, 0.6) is 0 Å². The number of carbonyl (C=O) groups excluding carboxylic acids is 1. The summed E-state index contributed by atoms with van der Waals surface area (Å²) in [5.41, 5.74) is 1.89. The lowest BCUT2D eigenvalue weighted by Gasteiger charge is -2.11. The molecule has 1 unspecified atom stereocenters. The van der Waals surface area contributed by atoms with Crippen LogP contribution in [0, 0.1) is 0 Å². The molecule has 0 aliphatic carbocycles. The minimum atomic E-state index is -1.02. The van der Waals surface area contributed by atoms with Gasteiger partial charge in [-0.25, -0.2) is 0 Å². The van der Waals surface area contributed by atoms with Gasteiger partial charge < -0.3 is 10.1 Å². The number of aromatic amines is 1. The molecule has 0 spiro atoms. The summed E-state index contributed by atoms with van der Waals surface area (Å²) in [5.74, 6) is -2.17. The topological polar surface area (TPSA) is 70.2 Å². The molecule has 0 bridgehead atoms. The van der Waals surface area contributed by atoms with Crippen LogP contribution in [0.1, 0.15) is 28.3 Å². The molecule has 0 amide bonds. The third-order valence-corrected chi connectivity index (χ3v) is 4.07. The van der Waals surface area contributed by atoms with Crippen LogP contribution in [0.15, 0.2) is 54.7 Å². The summed E-state index contributed by atoms with van der Waals surface area (Å²) in [6, 6.07) is 14.0. The average molecular weight is 328 g/mol. The van der Waals surface area contributed by atoms with Crippen molar-refractivity contribution in [1.82, 2.24) is 4.98 Å². The molecule has 2 N–H and O–H groups in total. The smallest absolute Gasteiger partial charge is 0.311 e. The first kappa shape index (κ1) is 15.3. The van der Waals surface area contributed by atoms with Crippen LogP contribution < -0.4 is 0 Å². The fourth-order valence-electron chi connectivity index (χ4n) is 2.68. The van der Waals surface area contributed by atoms with Crippen LogP contribution in [-0.2, 0) is 4.79 Å². The largest absolute Gasteiger partial charge is 0.481 e. The zero-order chi connectivity index (χ0) is 16.4. The molecule has 1 aromatic heterocycles. The van der Waals surface area contributed by atoms with E-state index in [1.54, 1.807) is 30.5 Å². The number of fused-ring (bicyclic) bond motifs is 1. The number of carbonyl (C=O) groups is 2. The van der Waals surface area contributed by atoms with E-state index >= 15 is 0 Å². The molecule has 5 heteroatoms. The Bertz CT molecular complexity index is 885. The monoisotopic (exact) mass is 327 g/mol. The Morgan fingerprint density at radius 2 is 1.91 bits per heavy atom. The summed E-state index contributed by atoms with van der Waals surface area (Å²) in [6.07, 6.45) is 1.55. The van der Waals surface area contributed by atoms with Crippen LogP contribution in [0.25, 0.3) is 10.9 Å². The van der Waals surface area contributed by atoms with E-state index in [1.807, 2.05) is 24.3 Å². The number of hydrogen-bond donors (Lipinski definition) is 2. The molecule has 1 heterocycles. The van der Waals surface area contributed by atoms with Crippen LogP contribution in [0.2, 0.25) is 5.02 Å². The zero-order valence-corrected chi connectivity index (χ0v) is 12.9. The number of aliphatic carboxylic acids is 1. The van der Waals surface area contributed by atoms with E-state index in [9.17, 15) is 14.7 Å². The molecule has 0 radical (unpaired) electrons. The quantitative estimate of drug-likeness (QED) is 0.688. The van der Waals surface area contributed by atoms with Crippen molar-refractivity contribution in [3.05, 3.63) is 70.9 Å². The Balaban J connectivity index is 1.94. The highest BCUT2D eigenvalue weighted by Gasteiger charge is 2.26. The molecule has 0 saturated carbocycles. The lowest BCUT2D eigenvalue weighted by atomic mass is 9.91. The molecular weight excluding hydrogens is 314 g/mol. The predicted octanol–water partition coefficient (Wildman–Crippen LogP) is 4.26. The lowest BCUT2D eigenvalue weighted by molar-refractivity contribution is -0.138. The van der Waals surface area contributed by atoms with Crippen molar-refractivity contribution in [2.45, 2.75) is 12.3 Å². The Morgan fingerprint density at radius 3 is 2.65 bits per heavy atom. The summed E-state index contributed by atoms with van der Waals surface area (Å²) in [5, 5.41) is 10.8. The highest BCUT2D eigenvalue weighted by Crippen LogP contribution is 2.29. The van der Waals surface area contributed by atoms with Crippen LogP contribution in [0.3, 0.4) is 0 Å². The number of benzene rings is 2. The Hall–Kier alpha value is -2.59. The summed E-state index contributed by atoms with van der Waals surface area (Å²) in [4.78, 5) is 27.1. The molecule has 1 atom stereocenters. The molecule has 2 aromatic carbocycles. The van der Waals surface area contributed by atoms with Crippen molar-refractivity contribution in [3.63, 3.8) is 0 Å². The number of aromatic nitrogens is 1. The number of halogens is 1. The van der Waals surface area contributed by atoms with Gasteiger partial charge in [0.05, 0.1) is 5.92 Å². The molecule has 23 heavy (non-hydrogen) atoms. The van der Waals surface area contributed by atoms with E-state index in [1.165, 1.54) is 0 Å². The number of hydrogen-bond acceptors (Lipinski definition) is 2. The van der Waals surface area contributed by atoms with Gasteiger partial charge in [-0.15, -0.1) is 0 Å². The second kappa shape index (κ2) is 6.26. The van der Waals surface area contributed by atoms with Gasteiger partial charge in [0.1, 0.15) is 0 Å². The summed E-state index contributed by atoms with van der Waals surface area (Å²) in [6.45, 7) is 0. The van der Waals surface area contributed by atoms with Gasteiger partial charge in [-0.05, 0) is 23.8 Å². The maximum absolute atomic E-state index is 12.4. The summed E-state index contributed by atoms with van der Waals surface area (Å²) < 4.78 is 0. The average Bonchev–Trinajstić information content (AvgIpc) is 2.96. The summed E-state index contributed by atoms with van der Waals surface area (Å²) >= 11 is 5.89. The highest BCUT2D eigenvalue weighted by atomic mass is 35.5. The van der Waals surface area contributed by atoms with Gasteiger partial charge in [-0.3, -0.25) is 9.59 Å². The molecule has 0 saturated heterocycles. The standard InChI is InChI=1S/C18H14ClNO3/c19-12-5-3-4-11(8-12)17(21)9-14(18(22)23)15-10-20-16-7-2-1-6-13(15)16/h1-8,10,14,20H,9H2,(H,22,23). The predicted molar refractivity (Wildman–Crippen MR) is 89.1 cm³/mol. The van der Waals surface area contributed by atoms with Crippen molar-refractivity contribution in [2.75, 3.05) is 0 Å². The number of rotatable bonds is 5. The molecule has 3 aromatic rings. The maximum Gasteiger partial charge on any atom is 0.311 e. The number of ketones is 1. The van der Waals surface area contributed by atoms with E-state index in [2.05, 4.69) is 4.98 Å². The first-order valence-corrected chi connectivity index (χ1v) is 7.51. The second-order valence-corrected chi connectivity index (χ2v) is 5.75. The number of nitrogens with one attached hydrogen (secondary N) is 1. The first-order valence-electron chi connectivity index (χ1n) is 7.14. The van der Waals surface area contributed by atoms with Crippen LogP contribution in [-0.4, -0.2) is 21.8 Å². The normalized spacial score (nSPS) is 12.2. The van der Waals surface area contributed by atoms with Crippen LogP contribution in [0.4, 0.5) is 0 Å². The molecule has 0 aliphatic heterocycles. The van der Waals surface area contributed by atoms with E-state index in [0.717, 1.165) is 10.9 Å². The molecule has 116 valence electrons. The van der Waals surface area contributed by atoms with Gasteiger partial charge >= 0.3 is 5.97 Å². The molecule has 4 nitrogen and oxygen atoms in total. The maximum atomic E-state index is 12.4. The number of carboxylic acids is 1. The van der Waals surface area contributed by atoms with Crippen molar-refractivity contribution in [1.29, 1.82) is 0 Å². The molecule has 0 aliphatic rings. The van der Waals surface area contributed by atoms with Gasteiger partial charge in [0, 0.05) is 34.1 Å². The third-order valence-electron chi connectivity index (χ3n) is 3.83. The van der Waals surface area contributed by atoms with E-state index in [0.29, 0.717) is 16.1 Å². The first-order chi connectivity index (χ1) is 11.1. The van der Waals surface area contributed by atoms with E-state index in [-0.39, 0.29) is 12.2 Å². The Labute approximate surface area is 137 Å².